The second-order valence-electron chi connectivity index (χ2n) is 5.15. The first-order valence-corrected chi connectivity index (χ1v) is 6.94. The molecule has 0 heterocycles. The van der Waals surface area contributed by atoms with Gasteiger partial charge in [0.1, 0.15) is 0 Å². The monoisotopic (exact) mass is 242 g/mol. The van der Waals surface area contributed by atoms with Crippen LogP contribution in [0.4, 0.5) is 0 Å². The molecule has 1 aliphatic rings. The Hall–Kier alpha value is -0.950. The Morgan fingerprint density at radius 3 is 2.29 bits per heavy atom. The number of hydrogen-bond donors (Lipinski definition) is 1. The molecule has 0 aromatic heterocycles. The summed E-state index contributed by atoms with van der Waals surface area (Å²) in [6.07, 6.45) is 6.44. The van der Waals surface area contributed by atoms with Gasteiger partial charge in [-0.3, -0.25) is 0 Å². The average molecular weight is 242 g/mol. The molecule has 0 aliphatic heterocycles. The van der Waals surface area contributed by atoms with Crippen molar-refractivity contribution in [3.8, 4) is 0 Å². The number of rotatable bonds is 1. The van der Waals surface area contributed by atoms with E-state index in [-0.39, 0.29) is 4.75 Å². The zero-order valence-electron chi connectivity index (χ0n) is 10.0. The van der Waals surface area contributed by atoms with Crippen molar-refractivity contribution in [2.45, 2.75) is 36.9 Å². The molecule has 0 amide bonds. The Morgan fingerprint density at radius 2 is 1.53 bits per heavy atom. The molecule has 1 aliphatic carbocycles. The molecule has 3 rings (SSSR count). The van der Waals surface area contributed by atoms with Crippen LogP contribution in [0, 0.1) is 0 Å². The van der Waals surface area contributed by atoms with Gasteiger partial charge in [-0.15, -0.1) is 0 Å². The number of fused-ring (bicyclic) bond motifs is 1. The van der Waals surface area contributed by atoms with Crippen LogP contribution in [0.15, 0.2) is 42.5 Å². The van der Waals surface area contributed by atoms with Crippen LogP contribution in [0.2, 0.25) is 0 Å². The molecule has 0 spiro atoms. The van der Waals surface area contributed by atoms with Crippen molar-refractivity contribution in [1.82, 2.24) is 0 Å². The summed E-state index contributed by atoms with van der Waals surface area (Å²) >= 11 is 4.97. The van der Waals surface area contributed by atoms with E-state index in [1.54, 1.807) is 0 Å². The average Bonchev–Trinajstić information content (AvgIpc) is 2.39. The predicted octanol–water partition coefficient (Wildman–Crippen LogP) is 4.93. The van der Waals surface area contributed by atoms with Gasteiger partial charge in [0.2, 0.25) is 0 Å². The van der Waals surface area contributed by atoms with Crippen LogP contribution in [-0.2, 0) is 4.75 Å². The maximum absolute atomic E-state index is 4.97. The summed E-state index contributed by atoms with van der Waals surface area (Å²) in [6.45, 7) is 0. The molecular formula is C16H18S. The highest BCUT2D eigenvalue weighted by molar-refractivity contribution is 7.81. The van der Waals surface area contributed by atoms with Crippen molar-refractivity contribution >= 4 is 23.4 Å². The zero-order chi connectivity index (χ0) is 11.7. The largest absolute Gasteiger partial charge is 0.168 e. The Kier molecular flexibility index (Phi) is 2.87. The second-order valence-corrected chi connectivity index (χ2v) is 6.01. The standard InChI is InChI=1S/C16H18S/c17-16(10-4-1-5-11-16)15-9-8-13-6-2-3-7-14(13)12-15/h2-3,6-9,12,17H,1,4-5,10-11H2. The fraction of sp³-hybridized carbons (Fsp3) is 0.375. The molecule has 2 aromatic rings. The Labute approximate surface area is 108 Å². The Balaban J connectivity index is 2.05. The summed E-state index contributed by atoms with van der Waals surface area (Å²) in [6, 6.07) is 15.4. The molecule has 0 bridgehead atoms. The van der Waals surface area contributed by atoms with E-state index in [4.69, 9.17) is 12.6 Å². The van der Waals surface area contributed by atoms with Crippen LogP contribution in [0.1, 0.15) is 37.7 Å². The van der Waals surface area contributed by atoms with Crippen molar-refractivity contribution in [2.24, 2.45) is 0 Å². The highest BCUT2D eigenvalue weighted by Gasteiger charge is 2.29. The van der Waals surface area contributed by atoms with E-state index in [9.17, 15) is 0 Å². The molecule has 0 radical (unpaired) electrons. The lowest BCUT2D eigenvalue weighted by Gasteiger charge is -2.33. The van der Waals surface area contributed by atoms with Crippen molar-refractivity contribution in [3.05, 3.63) is 48.0 Å². The fourth-order valence-corrected chi connectivity index (χ4v) is 3.36. The van der Waals surface area contributed by atoms with Crippen molar-refractivity contribution < 1.29 is 0 Å². The summed E-state index contributed by atoms with van der Waals surface area (Å²) in [4.78, 5) is 0. The van der Waals surface area contributed by atoms with E-state index in [1.165, 1.54) is 48.4 Å². The molecule has 0 nitrogen and oxygen atoms in total. The van der Waals surface area contributed by atoms with Crippen LogP contribution < -0.4 is 0 Å². The molecule has 0 saturated heterocycles. The van der Waals surface area contributed by atoms with Gasteiger partial charge in [-0.05, 0) is 35.2 Å². The van der Waals surface area contributed by atoms with Crippen molar-refractivity contribution in [2.75, 3.05) is 0 Å². The summed E-state index contributed by atoms with van der Waals surface area (Å²) in [5.74, 6) is 0. The minimum absolute atomic E-state index is 0.113. The van der Waals surface area contributed by atoms with E-state index in [0.717, 1.165) is 0 Å². The van der Waals surface area contributed by atoms with E-state index in [1.807, 2.05) is 0 Å². The first-order valence-electron chi connectivity index (χ1n) is 6.50. The van der Waals surface area contributed by atoms with Crippen molar-refractivity contribution in [1.29, 1.82) is 0 Å². The van der Waals surface area contributed by atoms with Crippen LogP contribution in [0.3, 0.4) is 0 Å². The fourth-order valence-electron chi connectivity index (χ4n) is 2.90. The first-order chi connectivity index (χ1) is 8.28. The van der Waals surface area contributed by atoms with Crippen LogP contribution in [-0.4, -0.2) is 0 Å². The SMILES string of the molecule is SC1(c2ccc3ccccc3c2)CCCCC1. The number of hydrogen-bond acceptors (Lipinski definition) is 1. The maximum atomic E-state index is 4.97. The minimum Gasteiger partial charge on any atom is -0.168 e. The molecule has 1 saturated carbocycles. The molecule has 0 N–H and O–H groups in total. The van der Waals surface area contributed by atoms with Gasteiger partial charge in [0.15, 0.2) is 0 Å². The van der Waals surface area contributed by atoms with E-state index >= 15 is 0 Å². The lowest BCUT2D eigenvalue weighted by atomic mass is 9.82. The highest BCUT2D eigenvalue weighted by Crippen LogP contribution is 2.43. The van der Waals surface area contributed by atoms with Gasteiger partial charge in [-0.25, -0.2) is 0 Å². The van der Waals surface area contributed by atoms with Crippen LogP contribution in [0.25, 0.3) is 10.8 Å². The molecule has 0 unspecified atom stereocenters. The third-order valence-corrected chi connectivity index (χ3v) is 4.67. The Morgan fingerprint density at radius 1 is 0.824 bits per heavy atom. The molecule has 1 heteroatoms. The number of benzene rings is 2. The Bertz CT molecular complexity index is 524. The van der Waals surface area contributed by atoms with Gasteiger partial charge < -0.3 is 0 Å². The van der Waals surface area contributed by atoms with Gasteiger partial charge in [0.05, 0.1) is 0 Å². The summed E-state index contributed by atoms with van der Waals surface area (Å²) in [5.41, 5.74) is 1.40. The lowest BCUT2D eigenvalue weighted by Crippen LogP contribution is -2.22. The third kappa shape index (κ3) is 2.09. The van der Waals surface area contributed by atoms with Gasteiger partial charge in [0.25, 0.3) is 0 Å². The molecule has 1 fully saturated rings. The third-order valence-electron chi connectivity index (χ3n) is 3.97. The van der Waals surface area contributed by atoms with Crippen LogP contribution >= 0.6 is 12.6 Å². The molecule has 17 heavy (non-hydrogen) atoms. The lowest BCUT2D eigenvalue weighted by molar-refractivity contribution is 0.410. The van der Waals surface area contributed by atoms with Gasteiger partial charge in [-0.2, -0.15) is 12.6 Å². The second kappa shape index (κ2) is 4.38. The molecule has 0 atom stereocenters. The van der Waals surface area contributed by atoms with Gasteiger partial charge in [0, 0.05) is 4.75 Å². The van der Waals surface area contributed by atoms with Crippen molar-refractivity contribution in [3.63, 3.8) is 0 Å². The van der Waals surface area contributed by atoms with E-state index in [2.05, 4.69) is 42.5 Å². The predicted molar refractivity (Wildman–Crippen MR) is 77.7 cm³/mol. The van der Waals surface area contributed by atoms with E-state index in [0.29, 0.717) is 0 Å². The first kappa shape index (κ1) is 11.2. The molecule has 2 aromatic carbocycles. The highest BCUT2D eigenvalue weighted by atomic mass is 32.1. The van der Waals surface area contributed by atoms with Crippen LogP contribution in [0.5, 0.6) is 0 Å². The quantitative estimate of drug-likeness (QED) is 0.674. The normalized spacial score (nSPS) is 19.4. The number of thiol groups is 1. The summed E-state index contributed by atoms with van der Waals surface area (Å²) < 4.78 is 0.113. The van der Waals surface area contributed by atoms with Gasteiger partial charge >= 0.3 is 0 Å². The maximum Gasteiger partial charge on any atom is 0.0378 e. The summed E-state index contributed by atoms with van der Waals surface area (Å²) in [7, 11) is 0. The topological polar surface area (TPSA) is 0 Å². The van der Waals surface area contributed by atoms with E-state index < -0.39 is 0 Å². The smallest absolute Gasteiger partial charge is 0.0378 e. The summed E-state index contributed by atoms with van der Waals surface area (Å²) in [5, 5.41) is 2.66. The molecular weight excluding hydrogens is 224 g/mol. The molecule has 88 valence electrons. The minimum atomic E-state index is 0.113. The van der Waals surface area contributed by atoms with Gasteiger partial charge in [-0.1, -0.05) is 55.7 Å². The zero-order valence-corrected chi connectivity index (χ0v) is 10.9.